The van der Waals surface area contributed by atoms with Crippen LogP contribution in [0.1, 0.15) is 335 Å². The van der Waals surface area contributed by atoms with Crippen LogP contribution in [0.4, 0.5) is 0 Å². The molecule has 450 valence electrons. The van der Waals surface area contributed by atoms with Crippen molar-refractivity contribution in [2.24, 2.45) is 0 Å². The highest BCUT2D eigenvalue weighted by Gasteiger charge is 2.30. The van der Waals surface area contributed by atoms with Crippen molar-refractivity contribution < 1.29 is 37.3 Å². The first-order valence-electron chi connectivity index (χ1n) is 33.2. The van der Waals surface area contributed by atoms with Crippen LogP contribution in [0.2, 0.25) is 0 Å². The van der Waals surface area contributed by atoms with E-state index in [2.05, 4.69) is 38.2 Å². The van der Waals surface area contributed by atoms with E-state index in [9.17, 15) is 19.0 Å². The number of quaternary nitrogens is 1. The van der Waals surface area contributed by atoms with Crippen LogP contribution >= 0.6 is 7.82 Å². The molecule has 0 aromatic carbocycles. The molecular formula is C66H130N2O7P+. The second kappa shape index (κ2) is 56.8. The number of esters is 1. The number of phosphoric ester groups is 1. The third-order valence-electron chi connectivity index (χ3n) is 15.1. The highest BCUT2D eigenvalue weighted by atomic mass is 31.2. The molecule has 0 rings (SSSR count). The number of hydrogen-bond donors (Lipinski definition) is 2. The van der Waals surface area contributed by atoms with Gasteiger partial charge in [0, 0.05) is 12.8 Å². The Bertz CT molecular complexity index is 1350. The zero-order valence-electron chi connectivity index (χ0n) is 51.5. The molecule has 0 heterocycles. The fourth-order valence-electron chi connectivity index (χ4n) is 10.00. The molecule has 0 spiro atoms. The lowest BCUT2D eigenvalue weighted by atomic mass is 10.0. The number of carbonyl (C=O) groups is 2. The summed E-state index contributed by atoms with van der Waals surface area (Å²) < 4.78 is 30.8. The summed E-state index contributed by atoms with van der Waals surface area (Å²) in [5.41, 5.74) is 0. The molecule has 0 aliphatic rings. The van der Waals surface area contributed by atoms with Crippen LogP contribution in [0.5, 0.6) is 0 Å². The van der Waals surface area contributed by atoms with Gasteiger partial charge in [-0.25, -0.2) is 4.57 Å². The van der Waals surface area contributed by atoms with Gasteiger partial charge in [0.25, 0.3) is 0 Å². The number of nitrogens with zero attached hydrogens (tertiary/aromatic N) is 1. The predicted octanol–water partition coefficient (Wildman–Crippen LogP) is 20.5. The largest absolute Gasteiger partial charge is 0.472 e. The Labute approximate surface area is 473 Å². The average molecular weight is 1090 g/mol. The smallest absolute Gasteiger partial charge is 0.456 e. The zero-order chi connectivity index (χ0) is 55.7. The molecule has 0 aliphatic carbocycles. The molecule has 0 aromatic heterocycles. The van der Waals surface area contributed by atoms with Gasteiger partial charge in [-0.2, -0.15) is 0 Å². The third-order valence-corrected chi connectivity index (χ3v) is 16.1. The molecule has 0 aliphatic heterocycles. The van der Waals surface area contributed by atoms with Crippen LogP contribution in [0.3, 0.4) is 0 Å². The maximum absolute atomic E-state index is 13.6. The minimum atomic E-state index is -4.44. The Morgan fingerprint density at radius 3 is 1.12 bits per heavy atom. The summed E-state index contributed by atoms with van der Waals surface area (Å²) in [4.78, 5) is 37.8. The quantitative estimate of drug-likeness (QED) is 0.0205. The van der Waals surface area contributed by atoms with E-state index in [0.717, 1.165) is 57.8 Å². The number of amides is 1. The molecule has 0 saturated heterocycles. The first kappa shape index (κ1) is 74.5. The Morgan fingerprint density at radius 2 is 0.763 bits per heavy atom. The Balaban J connectivity index is 5.15. The summed E-state index contributed by atoms with van der Waals surface area (Å²) in [5, 5.41) is 3.07. The highest BCUT2D eigenvalue weighted by molar-refractivity contribution is 7.47. The normalized spacial score (nSPS) is 13.7. The molecule has 2 N–H and O–H groups in total. The van der Waals surface area contributed by atoms with E-state index in [1.807, 2.05) is 33.3 Å². The van der Waals surface area contributed by atoms with Gasteiger partial charge >= 0.3 is 13.8 Å². The van der Waals surface area contributed by atoms with E-state index < -0.39 is 20.0 Å². The molecule has 3 atom stereocenters. The molecule has 0 fully saturated rings. The molecule has 1 amide bonds. The second-order valence-electron chi connectivity index (χ2n) is 24.0. The minimum absolute atomic E-state index is 0.0438. The van der Waals surface area contributed by atoms with E-state index >= 15 is 0 Å². The summed E-state index contributed by atoms with van der Waals surface area (Å²) in [6.45, 7) is 7.06. The molecule has 0 saturated carbocycles. The Hall–Kier alpha value is -1.51. The van der Waals surface area contributed by atoms with Crippen molar-refractivity contribution in [1.82, 2.24) is 5.32 Å². The van der Waals surface area contributed by atoms with Gasteiger partial charge in [0.15, 0.2) is 0 Å². The maximum atomic E-state index is 13.6. The summed E-state index contributed by atoms with van der Waals surface area (Å²) >= 11 is 0. The van der Waals surface area contributed by atoms with Crippen molar-refractivity contribution in [3.8, 4) is 0 Å². The fourth-order valence-corrected chi connectivity index (χ4v) is 10.7. The number of nitrogens with one attached hydrogen (secondary N) is 1. The standard InChI is InChI=1S/C66H129N2O7P/c1-7-10-13-16-19-22-25-28-30-32-34-36-38-40-43-46-49-52-55-58-65(69)67-63(62-74-76(71,72)73-61-60-68(4,5)6)64(57-54-51-48-45-42-27-24-21-18-15-12-9-3)75-66(70)59-56-53-50-47-44-41-39-37-35-33-31-29-26-23-20-17-14-11-8-2/h29,31,54,57,63-64H,7-28,30,32-53,55-56,58-62H2,1-6H3,(H-,67,69,71,72)/p+1/b31-29+,57-54+. The minimum Gasteiger partial charge on any atom is -0.456 e. The lowest BCUT2D eigenvalue weighted by molar-refractivity contribution is -0.870. The Morgan fingerprint density at radius 1 is 0.447 bits per heavy atom. The van der Waals surface area contributed by atoms with Crippen molar-refractivity contribution in [2.45, 2.75) is 348 Å². The van der Waals surface area contributed by atoms with Gasteiger partial charge in [-0.1, -0.05) is 289 Å². The second-order valence-corrected chi connectivity index (χ2v) is 25.5. The number of carbonyl (C=O) groups excluding carboxylic acids is 2. The van der Waals surface area contributed by atoms with Crippen LogP contribution in [-0.4, -0.2) is 74.3 Å². The zero-order valence-corrected chi connectivity index (χ0v) is 52.4. The average Bonchev–Trinajstić information content (AvgIpc) is 3.38. The van der Waals surface area contributed by atoms with Crippen LogP contribution in [0, 0.1) is 0 Å². The van der Waals surface area contributed by atoms with Gasteiger partial charge in [-0.15, -0.1) is 0 Å². The summed E-state index contributed by atoms with van der Waals surface area (Å²) in [6.07, 6.45) is 67.4. The SMILES string of the molecule is CCCCCCCC/C=C/CCCCCCCCCCCC(=O)OC(/C=C/CCCCCCCCCCCC)C(COP(=O)(O)OCC[N+](C)(C)C)NC(=O)CCCCCCCCCCCCCCCCCCCCC. The molecule has 0 radical (unpaired) electrons. The first-order chi connectivity index (χ1) is 36.9. The van der Waals surface area contributed by atoms with Crippen molar-refractivity contribution in [2.75, 3.05) is 40.9 Å². The number of allylic oxidation sites excluding steroid dienone is 3. The van der Waals surface area contributed by atoms with E-state index in [1.165, 1.54) is 244 Å². The van der Waals surface area contributed by atoms with Crippen LogP contribution in [-0.2, 0) is 27.9 Å². The van der Waals surface area contributed by atoms with E-state index in [4.69, 9.17) is 13.8 Å². The number of ether oxygens (including phenoxy) is 1. The number of likely N-dealkylation sites (N-methyl/N-ethyl adjacent to an activating group) is 1. The maximum Gasteiger partial charge on any atom is 0.472 e. The summed E-state index contributed by atoms with van der Waals surface area (Å²) in [6, 6.07) is -0.843. The third kappa shape index (κ3) is 57.2. The van der Waals surface area contributed by atoms with Crippen molar-refractivity contribution in [3.63, 3.8) is 0 Å². The van der Waals surface area contributed by atoms with E-state index in [0.29, 0.717) is 23.9 Å². The lowest BCUT2D eigenvalue weighted by Gasteiger charge is -2.27. The predicted molar refractivity (Wildman–Crippen MR) is 328 cm³/mol. The number of phosphoric acid groups is 1. The van der Waals surface area contributed by atoms with Crippen LogP contribution in [0.25, 0.3) is 0 Å². The molecular weight excluding hydrogens is 964 g/mol. The van der Waals surface area contributed by atoms with Crippen molar-refractivity contribution in [3.05, 3.63) is 24.3 Å². The van der Waals surface area contributed by atoms with Crippen molar-refractivity contribution in [1.29, 1.82) is 0 Å². The van der Waals surface area contributed by atoms with Gasteiger partial charge < -0.3 is 19.4 Å². The van der Waals surface area contributed by atoms with Crippen LogP contribution < -0.4 is 5.32 Å². The number of unbranched alkanes of at least 4 members (excludes halogenated alkanes) is 43. The fraction of sp³-hybridized carbons (Fsp3) is 0.909. The van der Waals surface area contributed by atoms with Crippen molar-refractivity contribution >= 4 is 19.7 Å². The van der Waals surface area contributed by atoms with Gasteiger partial charge in [-0.3, -0.25) is 18.6 Å². The van der Waals surface area contributed by atoms with E-state index in [1.54, 1.807) is 0 Å². The molecule has 0 bridgehead atoms. The van der Waals surface area contributed by atoms with Gasteiger partial charge in [-0.05, 0) is 57.4 Å². The van der Waals surface area contributed by atoms with Crippen LogP contribution in [0.15, 0.2) is 24.3 Å². The van der Waals surface area contributed by atoms with E-state index in [-0.39, 0.29) is 25.1 Å². The highest BCUT2D eigenvalue weighted by Crippen LogP contribution is 2.43. The van der Waals surface area contributed by atoms with Gasteiger partial charge in [0.2, 0.25) is 5.91 Å². The molecule has 10 heteroatoms. The molecule has 0 aromatic rings. The number of hydrogen-bond acceptors (Lipinski definition) is 6. The summed E-state index contributed by atoms with van der Waals surface area (Å²) in [5.74, 6) is -0.488. The Kier molecular flexibility index (Phi) is 55.6. The molecule has 3 unspecified atom stereocenters. The molecule has 76 heavy (non-hydrogen) atoms. The molecule has 9 nitrogen and oxygen atoms in total. The van der Waals surface area contributed by atoms with Gasteiger partial charge in [0.05, 0.1) is 33.8 Å². The monoisotopic (exact) mass is 1090 g/mol. The summed E-state index contributed by atoms with van der Waals surface area (Å²) in [7, 11) is 1.51. The van der Waals surface area contributed by atoms with Gasteiger partial charge in [0.1, 0.15) is 19.3 Å². The number of rotatable bonds is 61. The lowest BCUT2D eigenvalue weighted by Crippen LogP contribution is -2.47. The first-order valence-corrected chi connectivity index (χ1v) is 34.7. The topological polar surface area (TPSA) is 111 Å².